The molecule has 6 heteroatoms. The molecule has 0 saturated carbocycles. The monoisotopic (exact) mass is 184 g/mol. The Hall–Kier alpha value is 0.0700. The fourth-order valence-corrected chi connectivity index (χ4v) is 0.897. The van der Waals surface area contributed by atoms with Crippen molar-refractivity contribution in [1.82, 2.24) is 0 Å². The first kappa shape index (κ1) is 11.1. The molecule has 0 aliphatic heterocycles. The van der Waals surface area contributed by atoms with Crippen molar-refractivity contribution in [2.75, 3.05) is 35.0 Å². The summed E-state index contributed by atoms with van der Waals surface area (Å²) in [6.07, 6.45) is 0. The van der Waals surface area contributed by atoms with E-state index in [1.54, 1.807) is 0 Å². The minimum absolute atomic E-state index is 0.140. The number of phosphoric acid groups is 1. The summed E-state index contributed by atoms with van der Waals surface area (Å²) in [5.41, 5.74) is 0. The zero-order chi connectivity index (χ0) is 9.12. The van der Waals surface area contributed by atoms with Gasteiger partial charge in [0.1, 0.15) is 0 Å². The average molecular weight is 184 g/mol. The molecule has 1 N–H and O–H groups in total. The number of hydrogen-bond acceptors (Lipinski definition) is 3. The molecule has 0 bridgehead atoms. The Morgan fingerprint density at radius 2 is 1.91 bits per heavy atom. The van der Waals surface area contributed by atoms with Crippen molar-refractivity contribution in [3.05, 3.63) is 0 Å². The van der Waals surface area contributed by atoms with E-state index in [4.69, 9.17) is 4.89 Å². The van der Waals surface area contributed by atoms with Gasteiger partial charge in [-0.05, 0) is 0 Å². The van der Waals surface area contributed by atoms with Crippen molar-refractivity contribution in [3.8, 4) is 0 Å². The van der Waals surface area contributed by atoms with Gasteiger partial charge in [-0.25, -0.2) is 9.09 Å². The van der Waals surface area contributed by atoms with E-state index in [2.05, 4.69) is 9.05 Å². The summed E-state index contributed by atoms with van der Waals surface area (Å²) in [6.45, 7) is 0.140. The van der Waals surface area contributed by atoms with Crippen LogP contribution in [0.1, 0.15) is 0 Å². The highest BCUT2D eigenvalue weighted by Gasteiger charge is 2.22. The van der Waals surface area contributed by atoms with Crippen LogP contribution in [-0.4, -0.2) is 44.4 Å². The summed E-state index contributed by atoms with van der Waals surface area (Å²) in [6, 6.07) is 0. The first-order valence-electron chi connectivity index (χ1n) is 3.10. The first-order valence-corrected chi connectivity index (χ1v) is 4.60. The molecule has 0 amide bonds. The number of rotatable bonds is 4. The second-order valence-corrected chi connectivity index (χ2v) is 4.76. The lowest BCUT2D eigenvalue weighted by Crippen LogP contribution is -2.36. The highest BCUT2D eigenvalue weighted by atomic mass is 31.2. The molecule has 5 nitrogen and oxygen atoms in total. The predicted octanol–water partition coefficient (Wildman–Crippen LogP) is 0.413. The molecule has 0 radical (unpaired) electrons. The summed E-state index contributed by atoms with van der Waals surface area (Å²) in [4.78, 5) is 8.79. The van der Waals surface area contributed by atoms with Crippen molar-refractivity contribution in [3.63, 3.8) is 0 Å². The number of nitrogens with zero attached hydrogens (tertiary/aromatic N) is 1. The van der Waals surface area contributed by atoms with Crippen molar-refractivity contribution in [2.24, 2.45) is 0 Å². The third-order valence-electron chi connectivity index (χ3n) is 0.839. The molecule has 0 fully saturated rings. The van der Waals surface area contributed by atoms with Crippen molar-refractivity contribution in [2.45, 2.75) is 0 Å². The van der Waals surface area contributed by atoms with Crippen LogP contribution in [0.3, 0.4) is 0 Å². The van der Waals surface area contributed by atoms with Crippen LogP contribution in [-0.2, 0) is 13.6 Å². The van der Waals surface area contributed by atoms with Crippen molar-refractivity contribution < 1.29 is 23.0 Å². The number of hydrogen-bond donors (Lipinski definition) is 1. The lowest BCUT2D eigenvalue weighted by molar-refractivity contribution is -0.887. The summed E-state index contributed by atoms with van der Waals surface area (Å²) in [5, 5.41) is 0. The fourth-order valence-electron chi connectivity index (χ4n) is 0.299. The van der Waals surface area contributed by atoms with E-state index in [1.807, 2.05) is 21.1 Å². The summed E-state index contributed by atoms with van der Waals surface area (Å²) in [5.74, 6) is 0. The minimum atomic E-state index is -3.79. The Balaban J connectivity index is 3.80. The van der Waals surface area contributed by atoms with E-state index in [0.717, 1.165) is 7.11 Å². The number of phosphoric ester groups is 1. The van der Waals surface area contributed by atoms with Gasteiger partial charge >= 0.3 is 7.82 Å². The van der Waals surface area contributed by atoms with Crippen LogP contribution in [0, 0.1) is 0 Å². The minimum Gasteiger partial charge on any atom is -0.308 e. The summed E-state index contributed by atoms with van der Waals surface area (Å²) < 4.78 is 20.0. The summed E-state index contributed by atoms with van der Waals surface area (Å²) >= 11 is 0. The topological polar surface area (TPSA) is 55.8 Å². The molecule has 1 atom stereocenters. The van der Waals surface area contributed by atoms with Gasteiger partial charge in [0.05, 0.1) is 21.1 Å². The van der Waals surface area contributed by atoms with E-state index in [9.17, 15) is 4.57 Å². The fraction of sp³-hybridized carbons (Fsp3) is 1.00. The third kappa shape index (κ3) is 6.47. The van der Waals surface area contributed by atoms with E-state index < -0.39 is 7.82 Å². The van der Waals surface area contributed by atoms with Crippen LogP contribution < -0.4 is 0 Å². The molecular weight excluding hydrogens is 169 g/mol. The van der Waals surface area contributed by atoms with Gasteiger partial charge in [-0.2, -0.15) is 0 Å². The lowest BCUT2D eigenvalue weighted by Gasteiger charge is -2.23. The number of quaternary nitrogens is 1. The second-order valence-electron chi connectivity index (χ2n) is 3.20. The molecule has 0 aromatic rings. The lowest BCUT2D eigenvalue weighted by atomic mass is 10.7. The van der Waals surface area contributed by atoms with Gasteiger partial charge in [0, 0.05) is 7.11 Å². The highest BCUT2D eigenvalue weighted by Crippen LogP contribution is 2.41. The van der Waals surface area contributed by atoms with Gasteiger partial charge in [-0.1, -0.05) is 0 Å². The van der Waals surface area contributed by atoms with Crippen molar-refractivity contribution >= 4 is 7.82 Å². The smallest absolute Gasteiger partial charge is 0.308 e. The van der Waals surface area contributed by atoms with Gasteiger partial charge in [-0.3, -0.25) is 4.52 Å². The molecule has 0 heterocycles. The molecule has 0 aromatic heterocycles. The van der Waals surface area contributed by atoms with Crippen LogP contribution in [0.5, 0.6) is 0 Å². The normalized spacial score (nSPS) is 17.9. The van der Waals surface area contributed by atoms with Gasteiger partial charge in [0.25, 0.3) is 0 Å². The van der Waals surface area contributed by atoms with E-state index in [0.29, 0.717) is 4.48 Å². The Bertz CT molecular complexity index is 164. The van der Waals surface area contributed by atoms with Crippen LogP contribution in [0.15, 0.2) is 0 Å². The van der Waals surface area contributed by atoms with Gasteiger partial charge in [-0.15, -0.1) is 0 Å². The summed E-state index contributed by atoms with van der Waals surface area (Å²) in [7, 11) is 2.88. The SMILES string of the molecule is COP(=O)(O)OC[N+](C)(C)C. The average Bonchev–Trinajstić information content (AvgIpc) is 1.83. The second kappa shape index (κ2) is 3.65. The third-order valence-corrected chi connectivity index (χ3v) is 1.74. The largest absolute Gasteiger partial charge is 0.476 e. The standard InChI is InChI=1S/C5H14NO4P/c1-6(2,3)5-10-11(7,8)9-4/h5H2,1-4H3/p+1. The first-order chi connectivity index (χ1) is 4.77. The molecule has 0 aromatic carbocycles. The Morgan fingerprint density at radius 3 is 2.18 bits per heavy atom. The molecule has 68 valence electrons. The zero-order valence-electron chi connectivity index (χ0n) is 7.27. The molecule has 0 aliphatic rings. The van der Waals surface area contributed by atoms with E-state index in [-0.39, 0.29) is 6.73 Å². The maximum atomic E-state index is 10.7. The van der Waals surface area contributed by atoms with E-state index in [1.165, 1.54) is 0 Å². The van der Waals surface area contributed by atoms with Gasteiger partial charge < -0.3 is 9.38 Å². The molecule has 0 aliphatic carbocycles. The highest BCUT2D eigenvalue weighted by molar-refractivity contribution is 7.47. The Kier molecular flexibility index (Phi) is 3.67. The molecule has 0 spiro atoms. The van der Waals surface area contributed by atoms with Crippen LogP contribution in [0.4, 0.5) is 0 Å². The molecule has 0 rings (SSSR count). The zero-order valence-corrected chi connectivity index (χ0v) is 8.17. The van der Waals surface area contributed by atoms with Gasteiger partial charge in [0.2, 0.25) is 0 Å². The maximum absolute atomic E-state index is 10.7. The van der Waals surface area contributed by atoms with Crippen LogP contribution >= 0.6 is 7.82 Å². The quantitative estimate of drug-likeness (QED) is 0.390. The Morgan fingerprint density at radius 1 is 1.45 bits per heavy atom. The van der Waals surface area contributed by atoms with Crippen molar-refractivity contribution in [1.29, 1.82) is 0 Å². The van der Waals surface area contributed by atoms with Gasteiger partial charge in [0.15, 0.2) is 6.73 Å². The van der Waals surface area contributed by atoms with Crippen LogP contribution in [0.2, 0.25) is 0 Å². The maximum Gasteiger partial charge on any atom is 0.476 e. The molecule has 1 unspecified atom stereocenters. The molecule has 0 saturated heterocycles. The predicted molar refractivity (Wildman–Crippen MR) is 40.8 cm³/mol. The van der Waals surface area contributed by atoms with E-state index >= 15 is 0 Å². The Labute approximate surface area is 66.7 Å². The molecule has 11 heavy (non-hydrogen) atoms. The van der Waals surface area contributed by atoms with Crippen LogP contribution in [0.25, 0.3) is 0 Å². The molecular formula is C5H15NO4P+.